The SMILES string of the molecule is CC(C)C(=O)N1CCCC(C(=O)N2CCC(C)(O)CC2)C1. The molecule has 1 atom stereocenters. The zero-order chi connectivity index (χ0) is 15.6. The Morgan fingerprint density at radius 1 is 1.14 bits per heavy atom. The van der Waals surface area contributed by atoms with Crippen LogP contribution in [0, 0.1) is 11.8 Å². The molecule has 2 aliphatic heterocycles. The number of rotatable bonds is 2. The minimum atomic E-state index is -0.636. The van der Waals surface area contributed by atoms with E-state index >= 15 is 0 Å². The summed E-state index contributed by atoms with van der Waals surface area (Å²) < 4.78 is 0. The van der Waals surface area contributed by atoms with Gasteiger partial charge in [-0.05, 0) is 32.6 Å². The van der Waals surface area contributed by atoms with E-state index in [4.69, 9.17) is 0 Å². The molecule has 2 heterocycles. The highest BCUT2D eigenvalue weighted by Crippen LogP contribution is 2.25. The third kappa shape index (κ3) is 3.96. The Labute approximate surface area is 127 Å². The first-order chi connectivity index (χ1) is 9.80. The molecule has 0 aromatic carbocycles. The molecule has 120 valence electrons. The van der Waals surface area contributed by atoms with Crippen LogP contribution in [-0.4, -0.2) is 58.5 Å². The van der Waals surface area contributed by atoms with Crippen molar-refractivity contribution in [3.8, 4) is 0 Å². The van der Waals surface area contributed by atoms with Crippen molar-refractivity contribution >= 4 is 11.8 Å². The van der Waals surface area contributed by atoms with Crippen molar-refractivity contribution in [3.63, 3.8) is 0 Å². The number of nitrogens with zero attached hydrogens (tertiary/aromatic N) is 2. The summed E-state index contributed by atoms with van der Waals surface area (Å²) in [5, 5.41) is 9.97. The lowest BCUT2D eigenvalue weighted by Crippen LogP contribution is -2.51. The molecule has 0 radical (unpaired) electrons. The second kappa shape index (κ2) is 6.34. The van der Waals surface area contributed by atoms with E-state index in [-0.39, 0.29) is 23.7 Å². The molecule has 2 fully saturated rings. The van der Waals surface area contributed by atoms with Gasteiger partial charge in [-0.25, -0.2) is 0 Å². The van der Waals surface area contributed by atoms with Crippen LogP contribution in [0.3, 0.4) is 0 Å². The Kier molecular flexibility index (Phi) is 4.91. The number of piperidine rings is 2. The molecule has 5 heteroatoms. The maximum Gasteiger partial charge on any atom is 0.227 e. The van der Waals surface area contributed by atoms with Gasteiger partial charge in [-0.2, -0.15) is 0 Å². The molecule has 1 unspecified atom stereocenters. The predicted molar refractivity (Wildman–Crippen MR) is 80.6 cm³/mol. The van der Waals surface area contributed by atoms with Crippen LogP contribution in [-0.2, 0) is 9.59 Å². The van der Waals surface area contributed by atoms with Gasteiger partial charge in [0.25, 0.3) is 0 Å². The second-order valence-electron chi connectivity index (χ2n) is 7.10. The topological polar surface area (TPSA) is 60.9 Å². The Bertz CT molecular complexity index is 396. The average molecular weight is 296 g/mol. The van der Waals surface area contributed by atoms with E-state index in [1.54, 1.807) is 0 Å². The minimum Gasteiger partial charge on any atom is -0.390 e. The number of aliphatic hydroxyl groups is 1. The van der Waals surface area contributed by atoms with Gasteiger partial charge in [-0.3, -0.25) is 9.59 Å². The lowest BCUT2D eigenvalue weighted by Gasteiger charge is -2.40. The summed E-state index contributed by atoms with van der Waals surface area (Å²) in [6.07, 6.45) is 3.05. The monoisotopic (exact) mass is 296 g/mol. The maximum atomic E-state index is 12.6. The highest BCUT2D eigenvalue weighted by molar-refractivity contribution is 5.82. The lowest BCUT2D eigenvalue weighted by molar-refractivity contribution is -0.144. The molecule has 2 rings (SSSR count). The van der Waals surface area contributed by atoms with Crippen molar-refractivity contribution in [2.75, 3.05) is 26.2 Å². The van der Waals surface area contributed by atoms with Gasteiger partial charge < -0.3 is 14.9 Å². The third-order valence-electron chi connectivity index (χ3n) is 4.73. The second-order valence-corrected chi connectivity index (χ2v) is 7.10. The summed E-state index contributed by atoms with van der Waals surface area (Å²) in [5.41, 5.74) is -0.636. The summed E-state index contributed by atoms with van der Waals surface area (Å²) in [6, 6.07) is 0. The highest BCUT2D eigenvalue weighted by Gasteiger charge is 2.35. The van der Waals surface area contributed by atoms with Crippen LogP contribution < -0.4 is 0 Å². The number of hydrogen-bond donors (Lipinski definition) is 1. The molecule has 2 saturated heterocycles. The zero-order valence-electron chi connectivity index (χ0n) is 13.5. The molecule has 0 bridgehead atoms. The molecule has 1 N–H and O–H groups in total. The van der Waals surface area contributed by atoms with Gasteiger partial charge in [-0.1, -0.05) is 13.8 Å². The van der Waals surface area contributed by atoms with Crippen LogP contribution in [0.4, 0.5) is 0 Å². The first-order valence-electron chi connectivity index (χ1n) is 8.10. The van der Waals surface area contributed by atoms with Crippen LogP contribution in [0.5, 0.6) is 0 Å². The molecule has 0 aromatic rings. The molecule has 0 aromatic heterocycles. The highest BCUT2D eigenvalue weighted by atomic mass is 16.3. The van der Waals surface area contributed by atoms with Crippen molar-refractivity contribution in [2.45, 2.75) is 52.1 Å². The number of hydrogen-bond acceptors (Lipinski definition) is 3. The molecular formula is C16H28N2O3. The van der Waals surface area contributed by atoms with Gasteiger partial charge in [0.05, 0.1) is 11.5 Å². The third-order valence-corrected chi connectivity index (χ3v) is 4.73. The fourth-order valence-electron chi connectivity index (χ4n) is 3.21. The van der Waals surface area contributed by atoms with Gasteiger partial charge >= 0.3 is 0 Å². The largest absolute Gasteiger partial charge is 0.390 e. The Morgan fingerprint density at radius 2 is 1.76 bits per heavy atom. The molecule has 0 saturated carbocycles. The van der Waals surface area contributed by atoms with Gasteiger partial charge in [0.1, 0.15) is 0 Å². The summed E-state index contributed by atoms with van der Waals surface area (Å²) in [6.45, 7) is 8.22. The number of likely N-dealkylation sites (tertiary alicyclic amines) is 2. The van der Waals surface area contributed by atoms with Crippen molar-refractivity contribution in [2.24, 2.45) is 11.8 Å². The van der Waals surface area contributed by atoms with E-state index in [0.29, 0.717) is 32.5 Å². The van der Waals surface area contributed by atoms with Crippen LogP contribution in [0.1, 0.15) is 46.5 Å². The van der Waals surface area contributed by atoms with Gasteiger partial charge in [0.15, 0.2) is 0 Å². The quantitative estimate of drug-likeness (QED) is 0.834. The van der Waals surface area contributed by atoms with Crippen molar-refractivity contribution in [3.05, 3.63) is 0 Å². The lowest BCUT2D eigenvalue weighted by atomic mass is 9.91. The van der Waals surface area contributed by atoms with Crippen molar-refractivity contribution < 1.29 is 14.7 Å². The first-order valence-corrected chi connectivity index (χ1v) is 8.10. The van der Waals surface area contributed by atoms with E-state index in [0.717, 1.165) is 19.4 Å². The summed E-state index contributed by atoms with van der Waals surface area (Å²) >= 11 is 0. The molecule has 21 heavy (non-hydrogen) atoms. The number of carbonyl (C=O) groups excluding carboxylic acids is 2. The van der Waals surface area contributed by atoms with Gasteiger partial charge in [-0.15, -0.1) is 0 Å². The summed E-state index contributed by atoms with van der Waals surface area (Å²) in [5.74, 6) is 0.231. The fraction of sp³-hybridized carbons (Fsp3) is 0.875. The van der Waals surface area contributed by atoms with E-state index in [9.17, 15) is 14.7 Å². The van der Waals surface area contributed by atoms with Crippen LogP contribution in [0.15, 0.2) is 0 Å². The maximum absolute atomic E-state index is 12.6. The Balaban J connectivity index is 1.92. The smallest absolute Gasteiger partial charge is 0.227 e. The van der Waals surface area contributed by atoms with E-state index in [2.05, 4.69) is 0 Å². The van der Waals surface area contributed by atoms with Gasteiger partial charge in [0, 0.05) is 32.1 Å². The number of carbonyl (C=O) groups is 2. The van der Waals surface area contributed by atoms with Crippen LogP contribution >= 0.6 is 0 Å². The van der Waals surface area contributed by atoms with Crippen LogP contribution in [0.2, 0.25) is 0 Å². The van der Waals surface area contributed by atoms with Crippen molar-refractivity contribution in [1.29, 1.82) is 0 Å². The Morgan fingerprint density at radius 3 is 2.33 bits per heavy atom. The van der Waals surface area contributed by atoms with Crippen molar-refractivity contribution in [1.82, 2.24) is 9.80 Å². The summed E-state index contributed by atoms with van der Waals surface area (Å²) in [7, 11) is 0. The predicted octanol–water partition coefficient (Wildman–Crippen LogP) is 1.25. The first kappa shape index (κ1) is 16.3. The molecular weight excluding hydrogens is 268 g/mol. The average Bonchev–Trinajstić information content (AvgIpc) is 2.46. The standard InChI is InChI=1S/C16H28N2O3/c1-12(2)14(19)18-8-4-5-13(11-18)15(20)17-9-6-16(3,21)7-10-17/h12-13,21H,4-11H2,1-3H3. The van der Waals surface area contributed by atoms with E-state index in [1.807, 2.05) is 30.6 Å². The Hall–Kier alpha value is -1.10. The molecule has 2 aliphatic rings. The summed E-state index contributed by atoms with van der Waals surface area (Å²) in [4.78, 5) is 28.4. The van der Waals surface area contributed by atoms with Gasteiger partial charge in [0.2, 0.25) is 11.8 Å². The van der Waals surface area contributed by atoms with E-state index in [1.165, 1.54) is 0 Å². The molecule has 0 aliphatic carbocycles. The molecule has 2 amide bonds. The number of amides is 2. The normalized spacial score (nSPS) is 26.0. The van der Waals surface area contributed by atoms with E-state index < -0.39 is 5.60 Å². The van der Waals surface area contributed by atoms with Crippen LogP contribution in [0.25, 0.3) is 0 Å². The molecule has 5 nitrogen and oxygen atoms in total. The fourth-order valence-corrected chi connectivity index (χ4v) is 3.21. The zero-order valence-corrected chi connectivity index (χ0v) is 13.5. The minimum absolute atomic E-state index is 0.0102. The molecule has 0 spiro atoms.